The van der Waals surface area contributed by atoms with Crippen molar-refractivity contribution in [2.75, 3.05) is 33.4 Å². The van der Waals surface area contributed by atoms with Crippen LogP contribution in [0.3, 0.4) is 0 Å². The Labute approximate surface area is 119 Å². The van der Waals surface area contributed by atoms with Gasteiger partial charge in [0.05, 0.1) is 25.2 Å². The largest absolute Gasteiger partial charge is 0.497 e. The van der Waals surface area contributed by atoms with Gasteiger partial charge in [0.15, 0.2) is 11.0 Å². The molecule has 1 aliphatic rings. The lowest BCUT2D eigenvalue weighted by molar-refractivity contribution is 0.0200. The van der Waals surface area contributed by atoms with Crippen LogP contribution in [0, 0.1) is 0 Å². The van der Waals surface area contributed by atoms with Gasteiger partial charge in [0.25, 0.3) is 0 Å². The summed E-state index contributed by atoms with van der Waals surface area (Å²) in [6, 6.07) is 6.17. The van der Waals surface area contributed by atoms with Gasteiger partial charge in [-0.3, -0.25) is 10.1 Å². The van der Waals surface area contributed by atoms with Gasteiger partial charge in [0.2, 0.25) is 0 Å². The van der Waals surface area contributed by atoms with Crippen molar-refractivity contribution < 1.29 is 18.5 Å². The molecular formula is C12H17N3O4S. The highest BCUT2D eigenvalue weighted by molar-refractivity contribution is 7.83. The Bertz CT molecular complexity index is 474. The summed E-state index contributed by atoms with van der Waals surface area (Å²) in [4.78, 5) is 12.2. The SMILES string of the molecule is COc1ccc(S(=O)NC(=O)NN2CCOCC2)cc1. The van der Waals surface area contributed by atoms with Crippen LogP contribution in [0.5, 0.6) is 5.75 Å². The van der Waals surface area contributed by atoms with Crippen LogP contribution in [0.2, 0.25) is 0 Å². The molecule has 20 heavy (non-hydrogen) atoms. The molecule has 1 unspecified atom stereocenters. The van der Waals surface area contributed by atoms with E-state index in [-0.39, 0.29) is 0 Å². The summed E-state index contributed by atoms with van der Waals surface area (Å²) >= 11 is 0. The molecule has 8 heteroatoms. The van der Waals surface area contributed by atoms with Crippen LogP contribution in [0.4, 0.5) is 4.79 Å². The highest BCUT2D eigenvalue weighted by atomic mass is 32.2. The van der Waals surface area contributed by atoms with E-state index in [9.17, 15) is 9.00 Å². The number of morpholine rings is 1. The molecule has 0 bridgehead atoms. The van der Waals surface area contributed by atoms with Gasteiger partial charge in [-0.2, -0.15) is 0 Å². The van der Waals surface area contributed by atoms with Crippen LogP contribution < -0.4 is 14.9 Å². The number of hydrazine groups is 1. The first kappa shape index (κ1) is 14.8. The molecule has 1 saturated heterocycles. The molecule has 1 atom stereocenters. The first-order chi connectivity index (χ1) is 9.69. The maximum atomic E-state index is 12.0. The number of carbonyl (C=O) groups is 1. The molecule has 0 aliphatic carbocycles. The van der Waals surface area contributed by atoms with Gasteiger partial charge in [-0.25, -0.2) is 14.0 Å². The average Bonchev–Trinajstić information content (AvgIpc) is 2.48. The summed E-state index contributed by atoms with van der Waals surface area (Å²) in [6.45, 7) is 2.37. The Balaban J connectivity index is 1.84. The topological polar surface area (TPSA) is 79.9 Å². The number of hydrogen-bond acceptors (Lipinski definition) is 5. The summed E-state index contributed by atoms with van der Waals surface area (Å²) in [5.41, 5.74) is 2.63. The quantitative estimate of drug-likeness (QED) is 0.834. The summed E-state index contributed by atoms with van der Waals surface area (Å²) < 4.78 is 24.5. The lowest BCUT2D eigenvalue weighted by Crippen LogP contribution is -2.51. The number of nitrogens with zero attached hydrogens (tertiary/aromatic N) is 1. The zero-order valence-corrected chi connectivity index (χ0v) is 11.9. The minimum Gasteiger partial charge on any atom is -0.497 e. The van der Waals surface area contributed by atoms with Gasteiger partial charge >= 0.3 is 6.03 Å². The molecule has 7 nitrogen and oxygen atoms in total. The van der Waals surface area contributed by atoms with E-state index in [4.69, 9.17) is 9.47 Å². The molecule has 1 aliphatic heterocycles. The lowest BCUT2D eigenvalue weighted by atomic mass is 10.3. The van der Waals surface area contributed by atoms with E-state index in [1.165, 1.54) is 0 Å². The predicted octanol–water partition coefficient (Wildman–Crippen LogP) is 0.264. The van der Waals surface area contributed by atoms with E-state index >= 15 is 0 Å². The number of amides is 2. The van der Waals surface area contributed by atoms with Crippen molar-refractivity contribution >= 4 is 17.0 Å². The smallest absolute Gasteiger partial charge is 0.341 e. The first-order valence-corrected chi connectivity index (χ1v) is 7.30. The van der Waals surface area contributed by atoms with Gasteiger partial charge in [0.1, 0.15) is 5.75 Å². The number of methoxy groups -OCH3 is 1. The molecule has 0 saturated carbocycles. The number of hydrogen-bond donors (Lipinski definition) is 2. The van der Waals surface area contributed by atoms with Crippen molar-refractivity contribution in [1.29, 1.82) is 0 Å². The van der Waals surface area contributed by atoms with Crippen molar-refractivity contribution in [3.63, 3.8) is 0 Å². The zero-order chi connectivity index (χ0) is 14.4. The standard InChI is InChI=1S/C12H17N3O4S/c1-18-10-2-4-11(5-3-10)20(17)14-12(16)13-15-6-8-19-9-7-15/h2-5H,6-9H2,1H3,(H2,13,14,16). The number of urea groups is 1. The molecule has 0 spiro atoms. The fourth-order valence-corrected chi connectivity index (χ4v) is 2.40. The molecule has 2 N–H and O–H groups in total. The Morgan fingerprint density at radius 3 is 2.55 bits per heavy atom. The summed E-state index contributed by atoms with van der Waals surface area (Å²) in [7, 11) is -0.0480. The van der Waals surface area contributed by atoms with Gasteiger partial charge in [0, 0.05) is 13.1 Å². The number of benzene rings is 1. The molecule has 2 amide bonds. The fourth-order valence-electron chi connectivity index (χ4n) is 1.68. The monoisotopic (exact) mass is 299 g/mol. The average molecular weight is 299 g/mol. The van der Waals surface area contributed by atoms with E-state index in [0.717, 1.165) is 0 Å². The van der Waals surface area contributed by atoms with Gasteiger partial charge in [-0.05, 0) is 24.3 Å². The fraction of sp³-hybridized carbons (Fsp3) is 0.417. The number of nitrogens with one attached hydrogen (secondary N) is 2. The third-order valence-corrected chi connectivity index (χ3v) is 3.80. The second-order valence-corrected chi connectivity index (χ2v) is 5.30. The Kier molecular flexibility index (Phi) is 5.33. The van der Waals surface area contributed by atoms with E-state index in [1.807, 2.05) is 0 Å². The zero-order valence-electron chi connectivity index (χ0n) is 11.1. The van der Waals surface area contributed by atoms with E-state index in [1.54, 1.807) is 36.4 Å². The molecule has 1 fully saturated rings. The lowest BCUT2D eigenvalue weighted by Gasteiger charge is -2.26. The number of rotatable bonds is 4. The molecule has 1 aromatic rings. The van der Waals surface area contributed by atoms with Crippen molar-refractivity contribution in [2.24, 2.45) is 0 Å². The van der Waals surface area contributed by atoms with Crippen LogP contribution >= 0.6 is 0 Å². The molecule has 1 aromatic carbocycles. The summed E-state index contributed by atoms with van der Waals surface area (Å²) in [5.74, 6) is 0.670. The summed E-state index contributed by atoms with van der Waals surface area (Å²) in [5, 5.41) is 1.73. The van der Waals surface area contributed by atoms with Crippen LogP contribution in [0.15, 0.2) is 29.2 Å². The normalized spacial score (nSPS) is 17.2. The van der Waals surface area contributed by atoms with Crippen LogP contribution in [0.1, 0.15) is 0 Å². The second kappa shape index (κ2) is 7.22. The maximum absolute atomic E-state index is 12.0. The van der Waals surface area contributed by atoms with Crippen LogP contribution in [-0.4, -0.2) is 48.7 Å². The Morgan fingerprint density at radius 2 is 1.95 bits per heavy atom. The molecule has 110 valence electrons. The highest BCUT2D eigenvalue weighted by Gasteiger charge is 2.14. The molecular weight excluding hydrogens is 282 g/mol. The Hall–Kier alpha value is -1.64. The highest BCUT2D eigenvalue weighted by Crippen LogP contribution is 2.13. The minimum atomic E-state index is -1.60. The van der Waals surface area contributed by atoms with Gasteiger partial charge in [-0.1, -0.05) is 0 Å². The third-order valence-electron chi connectivity index (χ3n) is 2.73. The van der Waals surface area contributed by atoms with Gasteiger partial charge in [-0.15, -0.1) is 0 Å². The van der Waals surface area contributed by atoms with Crippen molar-refractivity contribution in [2.45, 2.75) is 4.90 Å². The Morgan fingerprint density at radius 1 is 1.30 bits per heavy atom. The van der Waals surface area contributed by atoms with E-state index in [0.29, 0.717) is 36.9 Å². The molecule has 1 heterocycles. The van der Waals surface area contributed by atoms with Crippen LogP contribution in [-0.2, 0) is 15.7 Å². The van der Waals surface area contributed by atoms with Gasteiger partial charge < -0.3 is 9.47 Å². The van der Waals surface area contributed by atoms with Crippen LogP contribution in [0.25, 0.3) is 0 Å². The molecule has 2 rings (SSSR count). The first-order valence-electron chi connectivity index (χ1n) is 6.15. The number of ether oxygens (including phenoxy) is 2. The molecule has 0 radical (unpaired) electrons. The van der Waals surface area contributed by atoms with Crippen molar-refractivity contribution in [1.82, 2.24) is 15.2 Å². The predicted molar refractivity (Wildman–Crippen MR) is 73.5 cm³/mol. The van der Waals surface area contributed by atoms with Crippen molar-refractivity contribution in [3.8, 4) is 5.75 Å². The van der Waals surface area contributed by atoms with E-state index < -0.39 is 17.0 Å². The summed E-state index contributed by atoms with van der Waals surface area (Å²) in [6.07, 6.45) is 0. The third kappa shape index (κ3) is 4.19. The molecule has 0 aromatic heterocycles. The van der Waals surface area contributed by atoms with E-state index in [2.05, 4.69) is 10.1 Å². The second-order valence-electron chi connectivity index (χ2n) is 4.09. The maximum Gasteiger partial charge on any atom is 0.341 e. The minimum absolute atomic E-state index is 0.499. The van der Waals surface area contributed by atoms with Crippen molar-refractivity contribution in [3.05, 3.63) is 24.3 Å². The number of carbonyl (C=O) groups excluding carboxylic acids is 1.